The Balaban J connectivity index is 1.92. The Labute approximate surface area is 112 Å². The second-order valence-corrected chi connectivity index (χ2v) is 3.98. The number of nitrogens with zero attached hydrogens (tertiary/aromatic N) is 1. The fourth-order valence-electron chi connectivity index (χ4n) is 1.75. The van der Waals surface area contributed by atoms with Crippen LogP contribution in [0.4, 0.5) is 0 Å². The lowest BCUT2D eigenvalue weighted by atomic mass is 10.3. The molecule has 0 fully saturated rings. The van der Waals surface area contributed by atoms with Crippen molar-refractivity contribution in [3.05, 3.63) is 48.0 Å². The number of amides is 1. The fraction of sp³-hybridized carbons (Fsp3) is 0.286. The number of aromatic nitrogens is 2. The van der Waals surface area contributed by atoms with Gasteiger partial charge in [-0.3, -0.25) is 4.79 Å². The third kappa shape index (κ3) is 3.58. The molecule has 0 atom stereocenters. The summed E-state index contributed by atoms with van der Waals surface area (Å²) in [5, 5.41) is 2.83. The first-order chi connectivity index (χ1) is 9.31. The van der Waals surface area contributed by atoms with E-state index in [9.17, 15) is 4.79 Å². The van der Waals surface area contributed by atoms with Gasteiger partial charge in [-0.05, 0) is 31.2 Å². The number of carbonyl (C=O) groups excluding carboxylic acids is 1. The maximum atomic E-state index is 12.0. The van der Waals surface area contributed by atoms with Crippen LogP contribution in [0.5, 0.6) is 5.75 Å². The molecule has 0 bridgehead atoms. The van der Waals surface area contributed by atoms with Gasteiger partial charge in [-0.25, -0.2) is 4.98 Å². The number of aromatic amines is 1. The molecule has 2 N–H and O–H groups in total. The van der Waals surface area contributed by atoms with Gasteiger partial charge in [0.1, 0.15) is 0 Å². The first kappa shape index (κ1) is 13.1. The predicted molar refractivity (Wildman–Crippen MR) is 72.2 cm³/mol. The molecule has 0 aromatic carbocycles. The summed E-state index contributed by atoms with van der Waals surface area (Å²) in [6, 6.07) is 7.42. The molecule has 2 aromatic heterocycles. The van der Waals surface area contributed by atoms with Gasteiger partial charge in [-0.2, -0.15) is 0 Å². The van der Waals surface area contributed by atoms with Crippen molar-refractivity contribution in [2.24, 2.45) is 0 Å². The Morgan fingerprint density at radius 2 is 2.32 bits per heavy atom. The van der Waals surface area contributed by atoms with Gasteiger partial charge < -0.3 is 15.0 Å². The molecule has 2 aromatic rings. The molecule has 2 rings (SSSR count). The molecule has 0 unspecified atom stereocenters. The van der Waals surface area contributed by atoms with E-state index in [-0.39, 0.29) is 5.91 Å². The summed E-state index contributed by atoms with van der Waals surface area (Å²) in [5.41, 5.74) is 1.42. The fourth-order valence-corrected chi connectivity index (χ4v) is 1.75. The molecule has 1 amide bonds. The van der Waals surface area contributed by atoms with Crippen LogP contribution in [0.15, 0.2) is 36.7 Å². The SMILES string of the molecule is CCOc1cccnc1C(=O)NCCc1ccc[nH]1. The number of ether oxygens (including phenoxy) is 1. The zero-order valence-corrected chi connectivity index (χ0v) is 10.8. The number of hydrogen-bond donors (Lipinski definition) is 2. The topological polar surface area (TPSA) is 67.0 Å². The highest BCUT2D eigenvalue weighted by atomic mass is 16.5. The first-order valence-corrected chi connectivity index (χ1v) is 6.29. The normalized spacial score (nSPS) is 10.2. The van der Waals surface area contributed by atoms with E-state index in [1.807, 2.05) is 25.3 Å². The Kier molecular flexibility index (Phi) is 4.55. The highest BCUT2D eigenvalue weighted by Crippen LogP contribution is 2.14. The molecule has 0 spiro atoms. The van der Waals surface area contributed by atoms with E-state index in [4.69, 9.17) is 4.74 Å². The van der Waals surface area contributed by atoms with Gasteiger partial charge in [-0.15, -0.1) is 0 Å². The molecule has 2 heterocycles. The molecule has 0 radical (unpaired) electrons. The second kappa shape index (κ2) is 6.58. The third-order valence-electron chi connectivity index (χ3n) is 2.63. The summed E-state index contributed by atoms with van der Waals surface area (Å²) in [6.07, 6.45) is 4.21. The van der Waals surface area contributed by atoms with Crippen LogP contribution in [-0.2, 0) is 6.42 Å². The van der Waals surface area contributed by atoms with E-state index >= 15 is 0 Å². The predicted octanol–water partition coefficient (Wildman–Crippen LogP) is 1.78. The first-order valence-electron chi connectivity index (χ1n) is 6.29. The number of rotatable bonds is 6. The number of hydrogen-bond acceptors (Lipinski definition) is 3. The van der Waals surface area contributed by atoms with Crippen molar-refractivity contribution in [2.75, 3.05) is 13.2 Å². The van der Waals surface area contributed by atoms with E-state index in [2.05, 4.69) is 15.3 Å². The average Bonchev–Trinajstić information content (AvgIpc) is 2.93. The lowest BCUT2D eigenvalue weighted by Crippen LogP contribution is -2.27. The quantitative estimate of drug-likeness (QED) is 0.831. The Morgan fingerprint density at radius 3 is 3.05 bits per heavy atom. The Hall–Kier alpha value is -2.30. The number of nitrogens with one attached hydrogen (secondary N) is 2. The van der Waals surface area contributed by atoms with Gasteiger partial charge in [0.05, 0.1) is 6.61 Å². The van der Waals surface area contributed by atoms with Crippen molar-refractivity contribution in [2.45, 2.75) is 13.3 Å². The van der Waals surface area contributed by atoms with Crippen molar-refractivity contribution in [1.82, 2.24) is 15.3 Å². The van der Waals surface area contributed by atoms with Crippen molar-refractivity contribution >= 4 is 5.91 Å². The maximum Gasteiger partial charge on any atom is 0.273 e. The van der Waals surface area contributed by atoms with E-state index in [1.165, 1.54) is 0 Å². The van der Waals surface area contributed by atoms with Crippen LogP contribution < -0.4 is 10.1 Å². The van der Waals surface area contributed by atoms with Crippen molar-refractivity contribution in [3.63, 3.8) is 0 Å². The van der Waals surface area contributed by atoms with Crippen LogP contribution in [-0.4, -0.2) is 29.0 Å². The van der Waals surface area contributed by atoms with Gasteiger partial charge in [0.2, 0.25) is 0 Å². The van der Waals surface area contributed by atoms with Crippen LogP contribution in [0.25, 0.3) is 0 Å². The molecule has 5 nitrogen and oxygen atoms in total. The smallest absolute Gasteiger partial charge is 0.273 e. The lowest BCUT2D eigenvalue weighted by Gasteiger charge is -2.09. The molecular formula is C14H17N3O2. The van der Waals surface area contributed by atoms with Crippen LogP contribution >= 0.6 is 0 Å². The number of pyridine rings is 1. The molecular weight excluding hydrogens is 242 g/mol. The molecule has 0 saturated heterocycles. The summed E-state index contributed by atoms with van der Waals surface area (Å²) >= 11 is 0. The van der Waals surface area contributed by atoms with Gasteiger partial charge in [0, 0.05) is 31.1 Å². The Morgan fingerprint density at radius 1 is 1.42 bits per heavy atom. The maximum absolute atomic E-state index is 12.0. The highest BCUT2D eigenvalue weighted by Gasteiger charge is 2.12. The minimum atomic E-state index is -0.212. The van der Waals surface area contributed by atoms with Gasteiger partial charge in [0.15, 0.2) is 11.4 Å². The molecule has 100 valence electrons. The minimum absolute atomic E-state index is 0.212. The minimum Gasteiger partial charge on any atom is -0.491 e. The molecule has 0 aliphatic heterocycles. The van der Waals surface area contributed by atoms with Crippen LogP contribution in [0.2, 0.25) is 0 Å². The lowest BCUT2D eigenvalue weighted by molar-refractivity contribution is 0.0945. The third-order valence-corrected chi connectivity index (χ3v) is 2.63. The summed E-state index contributed by atoms with van der Waals surface area (Å²) in [7, 11) is 0. The number of H-pyrrole nitrogens is 1. The van der Waals surface area contributed by atoms with Crippen molar-refractivity contribution < 1.29 is 9.53 Å². The average molecular weight is 259 g/mol. The van der Waals surface area contributed by atoms with E-state index in [1.54, 1.807) is 18.3 Å². The molecule has 0 aliphatic rings. The van der Waals surface area contributed by atoms with Gasteiger partial charge in [-0.1, -0.05) is 0 Å². The van der Waals surface area contributed by atoms with Crippen LogP contribution in [0.3, 0.4) is 0 Å². The molecule has 0 aliphatic carbocycles. The summed E-state index contributed by atoms with van der Waals surface area (Å²) < 4.78 is 5.38. The zero-order chi connectivity index (χ0) is 13.5. The van der Waals surface area contributed by atoms with E-state index in [0.29, 0.717) is 24.6 Å². The van der Waals surface area contributed by atoms with Crippen molar-refractivity contribution in [3.8, 4) is 5.75 Å². The monoisotopic (exact) mass is 259 g/mol. The van der Waals surface area contributed by atoms with Gasteiger partial charge in [0.25, 0.3) is 5.91 Å². The van der Waals surface area contributed by atoms with Crippen molar-refractivity contribution in [1.29, 1.82) is 0 Å². The summed E-state index contributed by atoms with van der Waals surface area (Å²) in [5.74, 6) is 0.304. The zero-order valence-electron chi connectivity index (χ0n) is 10.8. The number of carbonyl (C=O) groups is 1. The molecule has 0 saturated carbocycles. The summed E-state index contributed by atoms with van der Waals surface area (Å²) in [4.78, 5) is 19.2. The van der Waals surface area contributed by atoms with E-state index < -0.39 is 0 Å². The molecule has 5 heteroatoms. The largest absolute Gasteiger partial charge is 0.491 e. The van der Waals surface area contributed by atoms with Crippen LogP contribution in [0, 0.1) is 0 Å². The Bertz CT molecular complexity index is 523. The van der Waals surface area contributed by atoms with Gasteiger partial charge >= 0.3 is 0 Å². The second-order valence-electron chi connectivity index (χ2n) is 3.98. The molecule has 19 heavy (non-hydrogen) atoms. The highest BCUT2D eigenvalue weighted by molar-refractivity contribution is 5.94. The van der Waals surface area contributed by atoms with E-state index in [0.717, 1.165) is 12.1 Å². The standard InChI is InChI=1S/C14H17N3O2/c1-2-19-12-6-4-9-16-13(12)14(18)17-10-7-11-5-3-8-15-11/h3-6,8-9,15H,2,7,10H2,1H3,(H,17,18). The van der Waals surface area contributed by atoms with Crippen LogP contribution in [0.1, 0.15) is 23.1 Å². The summed E-state index contributed by atoms with van der Waals surface area (Å²) in [6.45, 7) is 2.94.